The molecule has 2 aliphatic carbocycles. The van der Waals surface area contributed by atoms with Gasteiger partial charge in [-0.25, -0.2) is 26.0 Å². The van der Waals surface area contributed by atoms with E-state index in [1.807, 2.05) is 43.3 Å². The van der Waals surface area contributed by atoms with Gasteiger partial charge in [0.2, 0.25) is 0 Å². The van der Waals surface area contributed by atoms with Crippen LogP contribution >= 0.6 is 33.9 Å². The van der Waals surface area contributed by atoms with Gasteiger partial charge in [0.25, 0.3) is 9.05 Å². The van der Waals surface area contributed by atoms with E-state index in [9.17, 15) is 22.3 Å². The summed E-state index contributed by atoms with van der Waals surface area (Å²) in [6, 6.07) is 47.2. The van der Waals surface area contributed by atoms with Gasteiger partial charge in [-0.3, -0.25) is 0 Å². The van der Waals surface area contributed by atoms with E-state index < -0.39 is 32.6 Å². The number of rotatable bonds is 14. The summed E-state index contributed by atoms with van der Waals surface area (Å²) in [4.78, 5) is 0.143. The molecule has 5 nitrogen and oxygen atoms in total. The van der Waals surface area contributed by atoms with Gasteiger partial charge >= 0.3 is 29.6 Å². The summed E-state index contributed by atoms with van der Waals surface area (Å²) in [5, 5.41) is 11.8. The summed E-state index contributed by atoms with van der Waals surface area (Å²) >= 11 is 11.9. The van der Waals surface area contributed by atoms with Crippen LogP contribution < -0.4 is 39.0 Å². The fourth-order valence-electron chi connectivity index (χ4n) is 7.28. The van der Waals surface area contributed by atoms with Gasteiger partial charge in [0.1, 0.15) is 29.3 Å². The van der Waals surface area contributed by atoms with E-state index in [1.165, 1.54) is 42.5 Å². The fraction of sp³-hybridized carbons (Fsp3) is 0.158. The van der Waals surface area contributed by atoms with Crippen LogP contribution in [-0.2, 0) is 15.5 Å². The number of hydrogen-bond donors (Lipinski definition) is 1. The van der Waals surface area contributed by atoms with Crippen molar-refractivity contribution in [1.29, 1.82) is 0 Å². The quantitative estimate of drug-likeness (QED) is 0.0508. The molecule has 0 bridgehead atoms. The van der Waals surface area contributed by atoms with E-state index >= 15 is 8.78 Å². The molecule has 0 spiro atoms. The van der Waals surface area contributed by atoms with Crippen LogP contribution in [0.5, 0.6) is 23.0 Å². The molecule has 0 saturated heterocycles. The summed E-state index contributed by atoms with van der Waals surface area (Å²) in [7, 11) is 1.54. The largest absolute Gasteiger partial charge is 1.00 e. The van der Waals surface area contributed by atoms with Gasteiger partial charge in [-0.15, -0.1) is 0 Å². The Morgan fingerprint density at radius 1 is 0.662 bits per heavy atom. The summed E-state index contributed by atoms with van der Waals surface area (Å²) in [5.74, 6) is -0.319. The standard InChI is InChI=1S/C25H21ClF2O2.C25H19ClF2O.C7H7ClO2S.Na.H/c26-19-11-9-18(10-12-19)24(17-7-8-17)25(28)22(29)14-16-6-13-21(27)23(15-16)30-20-4-2-1-3-5-20;26-20-12-10-19(11-13-20)25(18-8-9-18)23(28)15-7-17-6-14-22(27)24(16-17)29-21-4-2-1-3-5-21;1-6-2-4-7(5-3-6)11(8,9)10;;/h1-6,9-13,15,17,22,29H,7-8,14H2;1-7,10-16,18H,8-9H2;2-5H,1H3;;/q;;;+1;-1. The van der Waals surface area contributed by atoms with E-state index in [-0.39, 0.29) is 71.5 Å². The number of benzene rings is 7. The molecule has 0 aliphatic heterocycles. The molecular formula is C57H48Cl3F4NaO5S. The summed E-state index contributed by atoms with van der Waals surface area (Å²) in [6.45, 7) is 1.88. The van der Waals surface area contributed by atoms with Gasteiger partial charge in [0.05, 0.1) is 4.90 Å². The van der Waals surface area contributed by atoms with E-state index in [0.29, 0.717) is 43.8 Å². The molecule has 71 heavy (non-hydrogen) atoms. The number of hydrogen-bond acceptors (Lipinski definition) is 5. The molecule has 14 heteroatoms. The first kappa shape index (κ1) is 55.2. The van der Waals surface area contributed by atoms with Gasteiger partial charge in [0.15, 0.2) is 23.1 Å². The Bertz CT molecular complexity index is 3080. The zero-order chi connectivity index (χ0) is 49.8. The zero-order valence-corrected chi connectivity index (χ0v) is 43.8. The molecule has 0 radical (unpaired) electrons. The number of aliphatic hydroxyl groups excluding tert-OH is 1. The van der Waals surface area contributed by atoms with Gasteiger partial charge in [-0.1, -0.05) is 120 Å². The minimum atomic E-state index is -3.55. The van der Waals surface area contributed by atoms with Crippen LogP contribution in [-0.4, -0.2) is 19.6 Å². The molecule has 7 aromatic carbocycles. The Morgan fingerprint density at radius 3 is 1.62 bits per heavy atom. The maximum atomic E-state index is 15.2. The number of halogens is 7. The molecule has 362 valence electrons. The van der Waals surface area contributed by atoms with Crippen molar-refractivity contribution < 1.29 is 71.5 Å². The average molecular weight is 1050 g/mol. The number of aliphatic hydroxyl groups is 1. The summed E-state index contributed by atoms with van der Waals surface area (Å²) < 4.78 is 91.1. The Kier molecular flexibility index (Phi) is 20.2. The van der Waals surface area contributed by atoms with Gasteiger partial charge in [-0.2, -0.15) is 0 Å². The predicted octanol–water partition coefficient (Wildman–Crippen LogP) is 14.1. The van der Waals surface area contributed by atoms with Crippen LogP contribution in [0.25, 0.3) is 17.2 Å². The van der Waals surface area contributed by atoms with Crippen molar-refractivity contribution >= 4 is 60.2 Å². The summed E-state index contributed by atoms with van der Waals surface area (Å²) in [5.41, 5.74) is 5.03. The van der Waals surface area contributed by atoms with Crippen molar-refractivity contribution in [2.24, 2.45) is 11.8 Å². The average Bonchev–Trinajstić information content (AvgIpc) is 4.30. The third kappa shape index (κ3) is 16.7. The van der Waals surface area contributed by atoms with E-state index in [0.717, 1.165) is 42.4 Å². The molecule has 0 amide bonds. The molecule has 2 fully saturated rings. The Labute approximate surface area is 450 Å². The molecular weight excluding hydrogens is 1000 g/mol. The van der Waals surface area contributed by atoms with Crippen molar-refractivity contribution in [2.75, 3.05) is 0 Å². The zero-order valence-electron chi connectivity index (χ0n) is 39.7. The van der Waals surface area contributed by atoms with E-state index in [4.69, 9.17) is 43.4 Å². The first-order chi connectivity index (χ1) is 33.6. The smallest absolute Gasteiger partial charge is 1.00 e. The van der Waals surface area contributed by atoms with Crippen LogP contribution in [0.15, 0.2) is 192 Å². The molecule has 0 aromatic heterocycles. The number of ether oxygens (including phenoxy) is 2. The molecule has 1 unspecified atom stereocenters. The minimum Gasteiger partial charge on any atom is -1.00 e. The maximum absolute atomic E-state index is 15.2. The van der Waals surface area contributed by atoms with Crippen LogP contribution in [0.1, 0.15) is 54.9 Å². The molecule has 2 aliphatic rings. The number of aryl methyl sites for hydroxylation is 1. The summed E-state index contributed by atoms with van der Waals surface area (Å²) in [6.07, 6.45) is 5.49. The van der Waals surface area contributed by atoms with Crippen LogP contribution in [0.4, 0.5) is 17.6 Å². The Morgan fingerprint density at radius 2 is 1.13 bits per heavy atom. The molecule has 0 heterocycles. The first-order valence-corrected chi connectivity index (χ1v) is 25.4. The van der Waals surface area contributed by atoms with Crippen molar-refractivity contribution in [1.82, 2.24) is 0 Å². The fourth-order valence-corrected chi connectivity index (χ4v) is 8.30. The van der Waals surface area contributed by atoms with Gasteiger partial charge < -0.3 is 16.0 Å². The maximum Gasteiger partial charge on any atom is 1.00 e. The molecule has 2 saturated carbocycles. The van der Waals surface area contributed by atoms with Crippen LogP contribution in [0.3, 0.4) is 0 Å². The van der Waals surface area contributed by atoms with Crippen molar-refractivity contribution in [3.05, 3.63) is 237 Å². The Hall–Kier alpha value is -5.14. The van der Waals surface area contributed by atoms with Crippen LogP contribution in [0, 0.1) is 30.4 Å². The normalized spacial score (nSPS) is 14.3. The predicted molar refractivity (Wildman–Crippen MR) is 274 cm³/mol. The van der Waals surface area contributed by atoms with Gasteiger partial charge in [0, 0.05) is 27.1 Å². The number of para-hydroxylation sites is 2. The molecule has 7 aromatic rings. The van der Waals surface area contributed by atoms with Gasteiger partial charge in [-0.05, 0) is 169 Å². The second-order valence-electron chi connectivity index (χ2n) is 16.7. The third-order valence-corrected chi connectivity index (χ3v) is 13.0. The van der Waals surface area contributed by atoms with Crippen molar-refractivity contribution in [3.63, 3.8) is 0 Å². The third-order valence-electron chi connectivity index (χ3n) is 11.1. The van der Waals surface area contributed by atoms with E-state index in [1.54, 1.807) is 103 Å². The molecule has 1 N–H and O–H groups in total. The Balaban J connectivity index is 0.000000217. The van der Waals surface area contributed by atoms with Crippen LogP contribution in [0.2, 0.25) is 10.0 Å². The second kappa shape index (κ2) is 26.0. The molecule has 9 rings (SSSR count). The second-order valence-corrected chi connectivity index (χ2v) is 20.1. The monoisotopic (exact) mass is 1050 g/mol. The first-order valence-electron chi connectivity index (χ1n) is 22.3. The molecule has 1 atom stereocenters. The van der Waals surface area contributed by atoms with Crippen molar-refractivity contribution in [3.8, 4) is 23.0 Å². The van der Waals surface area contributed by atoms with E-state index in [2.05, 4.69) is 0 Å². The number of allylic oxidation sites excluding steroid dienone is 4. The topological polar surface area (TPSA) is 72.8 Å². The van der Waals surface area contributed by atoms with Crippen molar-refractivity contribution in [2.45, 2.75) is 50.0 Å². The minimum absolute atomic E-state index is 0. The SMILES string of the molecule is Cc1ccc(S(=O)(=O)Cl)cc1.FC(C=Cc1ccc(F)c(Oc2ccccc2)c1)=C(c1ccc(Cl)cc1)C1CC1.OC(Cc1ccc(F)c(Oc2ccccc2)c1)C(F)=C(c1ccc(Cl)cc1)C1CC1.[H-].[Na+].